The quantitative estimate of drug-likeness (QED) is 0.641. The van der Waals surface area contributed by atoms with Crippen molar-refractivity contribution in [2.45, 2.75) is 27.4 Å². The molecule has 0 aromatic heterocycles. The molecule has 2 aromatic rings. The van der Waals surface area contributed by atoms with Crippen LogP contribution in [0, 0.1) is 20.8 Å². The van der Waals surface area contributed by atoms with Crippen LogP contribution in [0.3, 0.4) is 0 Å². The lowest BCUT2D eigenvalue weighted by Gasteiger charge is -2.18. The van der Waals surface area contributed by atoms with E-state index >= 15 is 0 Å². The van der Waals surface area contributed by atoms with E-state index in [2.05, 4.69) is 13.0 Å². The Labute approximate surface area is 141 Å². The number of benzene rings is 2. The molecule has 0 saturated carbocycles. The molecule has 4 nitrogen and oxygen atoms in total. The van der Waals surface area contributed by atoms with Crippen molar-refractivity contribution in [2.24, 2.45) is 0 Å². The van der Waals surface area contributed by atoms with E-state index in [0.717, 1.165) is 28.6 Å². The molecule has 0 spiro atoms. The fourth-order valence-electron chi connectivity index (χ4n) is 2.27. The topological polar surface area (TPSA) is 49.8 Å². The van der Waals surface area contributed by atoms with Gasteiger partial charge in [-0.25, -0.2) is 0 Å². The summed E-state index contributed by atoms with van der Waals surface area (Å²) in [6, 6.07) is 11.3. The van der Waals surface area contributed by atoms with Crippen LogP contribution in [-0.4, -0.2) is 16.7 Å². The van der Waals surface area contributed by atoms with Gasteiger partial charge in [0.1, 0.15) is 12.4 Å². The maximum Gasteiger partial charge on any atom is 0.309 e. The van der Waals surface area contributed by atoms with Crippen molar-refractivity contribution in [1.29, 1.82) is 0 Å². The third-order valence-corrected chi connectivity index (χ3v) is 4.26. The smallest absolute Gasteiger partial charge is 0.309 e. The van der Waals surface area contributed by atoms with Gasteiger partial charge in [0.25, 0.3) is 0 Å². The second-order valence-corrected chi connectivity index (χ2v) is 6.16. The van der Waals surface area contributed by atoms with E-state index in [1.54, 1.807) is 18.4 Å². The zero-order chi connectivity index (χ0) is 17.0. The van der Waals surface area contributed by atoms with Gasteiger partial charge in [-0.15, -0.1) is 0 Å². The Balaban J connectivity index is 2.22. The Bertz CT molecular complexity index is 715. The van der Waals surface area contributed by atoms with Gasteiger partial charge in [0.15, 0.2) is 0 Å². The van der Waals surface area contributed by atoms with E-state index < -0.39 is 5.24 Å². The molecule has 5 heteroatoms. The third kappa shape index (κ3) is 4.06. The molecule has 0 aliphatic carbocycles. The van der Waals surface area contributed by atoms with E-state index in [-0.39, 0.29) is 6.61 Å². The number of rotatable bonds is 4. The Morgan fingerprint density at radius 1 is 1.13 bits per heavy atom. The molecule has 0 heterocycles. The van der Waals surface area contributed by atoms with Crippen LogP contribution in [0.2, 0.25) is 0 Å². The summed E-state index contributed by atoms with van der Waals surface area (Å²) in [5, 5.41) is 10.2. The number of para-hydroxylation sites is 1. The Morgan fingerprint density at radius 2 is 1.78 bits per heavy atom. The average molecular weight is 331 g/mol. The maximum absolute atomic E-state index is 11.7. The van der Waals surface area contributed by atoms with Gasteiger partial charge in [-0.05, 0) is 55.9 Å². The molecule has 0 fully saturated rings. The predicted octanol–water partition coefficient (Wildman–Crippen LogP) is 4.87. The molecule has 0 saturated heterocycles. The molecule has 0 radical (unpaired) electrons. The Hall–Kier alpha value is -1.98. The number of hydrogen-bond acceptors (Lipinski definition) is 4. The van der Waals surface area contributed by atoms with Crippen LogP contribution in [0.15, 0.2) is 36.4 Å². The van der Waals surface area contributed by atoms with Crippen molar-refractivity contribution in [3.63, 3.8) is 0 Å². The summed E-state index contributed by atoms with van der Waals surface area (Å²) in [5.41, 5.74) is 4.64. The Kier molecular flexibility index (Phi) is 5.69. The number of amides is 1. The Morgan fingerprint density at radius 3 is 2.48 bits per heavy atom. The molecule has 122 valence electrons. The van der Waals surface area contributed by atoms with Crippen molar-refractivity contribution in [2.75, 3.05) is 11.3 Å². The van der Waals surface area contributed by atoms with Crippen LogP contribution in [0.1, 0.15) is 22.3 Å². The summed E-state index contributed by atoms with van der Waals surface area (Å²) in [5.74, 6) is 0.809. The first-order valence-corrected chi connectivity index (χ1v) is 8.52. The summed E-state index contributed by atoms with van der Waals surface area (Å²) < 4.78 is 5.91. The van der Waals surface area contributed by atoms with Crippen molar-refractivity contribution < 1.29 is 14.7 Å². The van der Waals surface area contributed by atoms with E-state index in [4.69, 9.17) is 4.74 Å². The third-order valence-electron chi connectivity index (χ3n) is 3.74. The van der Waals surface area contributed by atoms with Crippen molar-refractivity contribution in [3.05, 3.63) is 58.7 Å². The number of hydroxylamine groups is 1. The van der Waals surface area contributed by atoms with E-state index in [0.29, 0.717) is 10.8 Å². The van der Waals surface area contributed by atoms with Crippen LogP contribution in [-0.2, 0) is 6.61 Å². The summed E-state index contributed by atoms with van der Waals surface area (Å²) >= 11 is 0.953. The lowest BCUT2D eigenvalue weighted by Crippen LogP contribution is -2.23. The highest BCUT2D eigenvalue weighted by Gasteiger charge is 2.16. The second-order valence-electron chi connectivity index (χ2n) is 5.40. The number of carbonyl (C=O) groups is 1. The van der Waals surface area contributed by atoms with Gasteiger partial charge < -0.3 is 4.74 Å². The highest BCUT2D eigenvalue weighted by Crippen LogP contribution is 2.26. The van der Waals surface area contributed by atoms with Crippen molar-refractivity contribution >= 4 is 22.7 Å². The zero-order valence-corrected chi connectivity index (χ0v) is 14.6. The molecule has 2 aromatic carbocycles. The molecule has 1 amide bonds. The van der Waals surface area contributed by atoms with Crippen molar-refractivity contribution in [3.8, 4) is 5.75 Å². The summed E-state index contributed by atoms with van der Waals surface area (Å²) in [6.45, 7) is 6.39. The predicted molar refractivity (Wildman–Crippen MR) is 94.6 cm³/mol. The number of aryl methyl sites for hydroxylation is 3. The first-order valence-electron chi connectivity index (χ1n) is 7.29. The van der Waals surface area contributed by atoms with Gasteiger partial charge >= 0.3 is 5.24 Å². The van der Waals surface area contributed by atoms with Crippen molar-refractivity contribution in [1.82, 2.24) is 0 Å². The van der Waals surface area contributed by atoms with Gasteiger partial charge in [-0.1, -0.05) is 36.0 Å². The molecule has 1 N–H and O–H groups in total. The lowest BCUT2D eigenvalue weighted by atomic mass is 10.1. The highest BCUT2D eigenvalue weighted by molar-refractivity contribution is 8.13. The van der Waals surface area contributed by atoms with Crippen LogP contribution < -0.4 is 9.80 Å². The average Bonchev–Trinajstić information content (AvgIpc) is 2.55. The highest BCUT2D eigenvalue weighted by atomic mass is 32.2. The van der Waals surface area contributed by atoms with Gasteiger partial charge in [-0.2, -0.15) is 5.06 Å². The molecule has 2 rings (SSSR count). The standard InChI is InChI=1S/C18H21NO3S/c1-12-9-14(3)17(10-13(12)2)22-11-15-7-5-6-8-16(15)19(21)18(20)23-4/h5-10,21H,11H2,1-4H3. The minimum atomic E-state index is -0.431. The first kappa shape index (κ1) is 17.4. The van der Waals surface area contributed by atoms with Gasteiger partial charge in [0, 0.05) is 5.56 Å². The molecule has 0 unspecified atom stereocenters. The minimum absolute atomic E-state index is 0.276. The number of hydrogen-bond donors (Lipinski definition) is 1. The van der Waals surface area contributed by atoms with Crippen LogP contribution >= 0.6 is 11.8 Å². The summed E-state index contributed by atoms with van der Waals surface area (Å²) in [6.07, 6.45) is 1.63. The molecule has 0 aliphatic heterocycles. The molecule has 0 atom stereocenters. The van der Waals surface area contributed by atoms with Gasteiger partial charge in [0.05, 0.1) is 5.69 Å². The number of thioether (sulfide) groups is 1. The summed E-state index contributed by atoms with van der Waals surface area (Å²) in [4.78, 5) is 11.7. The SMILES string of the molecule is CSC(=O)N(O)c1ccccc1COc1cc(C)c(C)cc1C. The molecule has 23 heavy (non-hydrogen) atoms. The minimum Gasteiger partial charge on any atom is -0.489 e. The van der Waals surface area contributed by atoms with Crippen LogP contribution in [0.25, 0.3) is 0 Å². The van der Waals surface area contributed by atoms with Gasteiger partial charge in [0.2, 0.25) is 0 Å². The van der Waals surface area contributed by atoms with E-state index in [1.807, 2.05) is 32.0 Å². The largest absolute Gasteiger partial charge is 0.489 e. The summed E-state index contributed by atoms with van der Waals surface area (Å²) in [7, 11) is 0. The number of anilines is 1. The van der Waals surface area contributed by atoms with Crippen LogP contribution in [0.5, 0.6) is 5.75 Å². The fourth-order valence-corrected chi connectivity index (χ4v) is 2.54. The van der Waals surface area contributed by atoms with E-state index in [9.17, 15) is 10.0 Å². The number of ether oxygens (including phenoxy) is 1. The molecular formula is C18H21NO3S. The van der Waals surface area contributed by atoms with E-state index in [1.165, 1.54) is 11.1 Å². The first-order chi connectivity index (χ1) is 10.9. The second kappa shape index (κ2) is 7.53. The molecule has 0 aliphatic rings. The fraction of sp³-hybridized carbons (Fsp3) is 0.278. The molecular weight excluding hydrogens is 310 g/mol. The normalized spacial score (nSPS) is 10.5. The van der Waals surface area contributed by atoms with Crippen LogP contribution in [0.4, 0.5) is 10.5 Å². The monoisotopic (exact) mass is 331 g/mol. The zero-order valence-electron chi connectivity index (χ0n) is 13.8. The maximum atomic E-state index is 11.7. The lowest BCUT2D eigenvalue weighted by molar-refractivity contribution is 0.223. The van der Waals surface area contributed by atoms with Gasteiger partial charge in [-0.3, -0.25) is 10.0 Å². The molecule has 0 bridgehead atoms. The number of nitrogens with zero attached hydrogens (tertiary/aromatic N) is 1. The number of carbonyl (C=O) groups excluding carboxylic acids is 1.